The summed E-state index contributed by atoms with van der Waals surface area (Å²) in [5.74, 6) is 2.06. The van der Waals surface area contributed by atoms with Crippen LogP contribution >= 0.6 is 57.5 Å². The van der Waals surface area contributed by atoms with Gasteiger partial charge in [0.1, 0.15) is 20.6 Å². The van der Waals surface area contributed by atoms with Crippen LogP contribution in [0.3, 0.4) is 0 Å². The van der Waals surface area contributed by atoms with Gasteiger partial charge in [0.15, 0.2) is 11.6 Å². The van der Waals surface area contributed by atoms with Crippen molar-refractivity contribution >= 4 is 83.7 Å². The van der Waals surface area contributed by atoms with Gasteiger partial charge in [0.25, 0.3) is 0 Å². The predicted octanol–water partition coefficient (Wildman–Crippen LogP) is 9.74. The third-order valence-corrected chi connectivity index (χ3v) is 10.1. The number of rotatable bonds is 6. The highest BCUT2D eigenvalue weighted by Gasteiger charge is 2.17. The molecule has 1 N–H and O–H groups in total. The van der Waals surface area contributed by atoms with E-state index in [0.29, 0.717) is 21.8 Å². The van der Waals surface area contributed by atoms with E-state index in [0.717, 1.165) is 65.1 Å². The lowest BCUT2D eigenvalue weighted by Gasteiger charge is -2.09. The minimum atomic E-state index is 0.390. The monoisotopic (exact) mass is 675 g/mol. The van der Waals surface area contributed by atoms with Gasteiger partial charge >= 0.3 is 0 Å². The number of aryl methyl sites for hydroxylation is 2. The van der Waals surface area contributed by atoms with Crippen molar-refractivity contribution in [2.75, 3.05) is 11.9 Å². The lowest BCUT2D eigenvalue weighted by molar-refractivity contribution is 1.01. The quantitative estimate of drug-likeness (QED) is 0.175. The van der Waals surface area contributed by atoms with E-state index < -0.39 is 0 Å². The number of benzene rings is 1. The third-order valence-electron chi connectivity index (χ3n) is 6.69. The Morgan fingerprint density at radius 3 is 1.75 bits per heavy atom. The molecular formula is C32H24Cl3N7S2. The van der Waals surface area contributed by atoms with Gasteiger partial charge in [0.2, 0.25) is 0 Å². The van der Waals surface area contributed by atoms with Crippen LogP contribution in [0.2, 0.25) is 15.2 Å². The number of pyridine rings is 2. The van der Waals surface area contributed by atoms with Gasteiger partial charge in [-0.15, -0.1) is 22.7 Å². The summed E-state index contributed by atoms with van der Waals surface area (Å²) in [7, 11) is 0. The Morgan fingerprint density at radius 2 is 1.16 bits per heavy atom. The molecule has 12 heteroatoms. The van der Waals surface area contributed by atoms with Gasteiger partial charge < -0.3 is 5.32 Å². The average Bonchev–Trinajstić information content (AvgIpc) is 3.51. The Bertz CT molecular complexity index is 2050. The number of anilines is 1. The van der Waals surface area contributed by atoms with Crippen LogP contribution < -0.4 is 5.32 Å². The molecule has 0 aliphatic rings. The van der Waals surface area contributed by atoms with E-state index in [1.165, 1.54) is 16.9 Å². The van der Waals surface area contributed by atoms with Crippen molar-refractivity contribution < 1.29 is 0 Å². The summed E-state index contributed by atoms with van der Waals surface area (Å²) >= 11 is 22.0. The molecule has 0 saturated carbocycles. The fourth-order valence-corrected chi connectivity index (χ4v) is 7.37. The number of nitrogens with one attached hydrogen (secondary N) is 1. The van der Waals surface area contributed by atoms with Gasteiger partial charge in [0.05, 0.1) is 20.8 Å². The average molecular weight is 677 g/mol. The number of halogens is 3. The molecular weight excluding hydrogens is 653 g/mol. The normalized spacial score (nSPS) is 11.0. The van der Waals surface area contributed by atoms with Gasteiger partial charge in [-0.25, -0.2) is 19.9 Å². The Balaban J connectivity index is 0.000000167. The van der Waals surface area contributed by atoms with E-state index in [2.05, 4.69) is 49.5 Å². The molecule has 6 heterocycles. The summed E-state index contributed by atoms with van der Waals surface area (Å²) < 4.78 is 0. The Kier molecular flexibility index (Phi) is 9.30. The van der Waals surface area contributed by atoms with Crippen molar-refractivity contribution in [2.45, 2.75) is 20.3 Å². The molecule has 44 heavy (non-hydrogen) atoms. The molecule has 0 saturated heterocycles. The molecule has 0 bridgehead atoms. The first-order valence-electron chi connectivity index (χ1n) is 13.6. The van der Waals surface area contributed by atoms with E-state index in [1.807, 2.05) is 44.2 Å². The van der Waals surface area contributed by atoms with Gasteiger partial charge in [-0.3, -0.25) is 9.97 Å². The molecule has 0 radical (unpaired) electrons. The molecule has 220 valence electrons. The first-order valence-corrected chi connectivity index (χ1v) is 16.3. The fourth-order valence-electron chi connectivity index (χ4n) is 4.47. The van der Waals surface area contributed by atoms with Crippen LogP contribution in [0.4, 0.5) is 5.82 Å². The van der Waals surface area contributed by atoms with Crippen LogP contribution in [0.5, 0.6) is 0 Å². The number of nitrogens with zero attached hydrogens (tertiary/aromatic N) is 6. The van der Waals surface area contributed by atoms with Crippen LogP contribution in [0, 0.1) is 13.8 Å². The first-order chi connectivity index (χ1) is 21.4. The maximum atomic E-state index is 6.52. The first kappa shape index (κ1) is 30.3. The van der Waals surface area contributed by atoms with Gasteiger partial charge in [-0.05, 0) is 50.1 Å². The number of thiophene rings is 2. The SMILES string of the molecule is Cc1sc2nc(-c3ccncc3)nc(Cl)c2c1Cl.Cc1sc2nc(-c3ccncc3)nc(NCCc3ccccc3)c2c1Cl. The highest BCUT2D eigenvalue weighted by atomic mass is 35.5. The highest BCUT2D eigenvalue weighted by Crippen LogP contribution is 2.39. The number of fused-ring (bicyclic) bond motifs is 2. The second kappa shape index (κ2) is 13.5. The van der Waals surface area contributed by atoms with Gasteiger partial charge in [0, 0.05) is 52.2 Å². The summed E-state index contributed by atoms with van der Waals surface area (Å²) in [6.45, 7) is 4.72. The number of hydrogen-bond acceptors (Lipinski definition) is 9. The van der Waals surface area contributed by atoms with E-state index in [1.54, 1.807) is 36.1 Å². The Morgan fingerprint density at radius 1 is 0.636 bits per heavy atom. The minimum Gasteiger partial charge on any atom is -0.369 e. The van der Waals surface area contributed by atoms with E-state index in [-0.39, 0.29) is 0 Å². The Hall–Kier alpha value is -3.73. The van der Waals surface area contributed by atoms with Crippen molar-refractivity contribution in [1.82, 2.24) is 29.9 Å². The van der Waals surface area contributed by atoms with E-state index in [4.69, 9.17) is 44.8 Å². The number of aromatic nitrogens is 6. The van der Waals surface area contributed by atoms with Crippen LogP contribution in [0.1, 0.15) is 15.3 Å². The van der Waals surface area contributed by atoms with Crippen LogP contribution in [0.15, 0.2) is 79.4 Å². The smallest absolute Gasteiger partial charge is 0.163 e. The third kappa shape index (κ3) is 6.52. The lowest BCUT2D eigenvalue weighted by atomic mass is 10.1. The molecule has 0 aliphatic carbocycles. The zero-order valence-electron chi connectivity index (χ0n) is 23.6. The molecule has 0 aliphatic heterocycles. The second-order valence-electron chi connectivity index (χ2n) is 9.67. The molecule has 7 rings (SSSR count). The van der Waals surface area contributed by atoms with Crippen molar-refractivity contribution in [3.05, 3.63) is 110 Å². The zero-order chi connectivity index (χ0) is 30.6. The molecule has 0 spiro atoms. The van der Waals surface area contributed by atoms with E-state index >= 15 is 0 Å². The van der Waals surface area contributed by atoms with Crippen LogP contribution in [-0.4, -0.2) is 36.4 Å². The molecule has 6 aromatic heterocycles. The fraction of sp³-hybridized carbons (Fsp3) is 0.125. The van der Waals surface area contributed by atoms with E-state index in [9.17, 15) is 0 Å². The predicted molar refractivity (Wildman–Crippen MR) is 184 cm³/mol. The van der Waals surface area contributed by atoms with Crippen molar-refractivity contribution in [3.8, 4) is 22.8 Å². The molecule has 0 amide bonds. The van der Waals surface area contributed by atoms with Gasteiger partial charge in [-0.1, -0.05) is 65.1 Å². The number of hydrogen-bond donors (Lipinski definition) is 1. The van der Waals surface area contributed by atoms with Crippen molar-refractivity contribution in [2.24, 2.45) is 0 Å². The van der Waals surface area contributed by atoms with Crippen molar-refractivity contribution in [3.63, 3.8) is 0 Å². The summed E-state index contributed by atoms with van der Waals surface area (Å²) in [5.41, 5.74) is 3.11. The zero-order valence-corrected chi connectivity index (χ0v) is 27.5. The second-order valence-corrected chi connectivity index (χ2v) is 13.2. The maximum Gasteiger partial charge on any atom is 0.163 e. The summed E-state index contributed by atoms with van der Waals surface area (Å²) in [5, 5.41) is 6.85. The standard InChI is InChI=1S/C20H17ClN4S.C12H7Cl2N3S/c1-13-17(21)16-19(23-12-7-14-5-3-2-4-6-14)24-18(25-20(16)26-13)15-8-10-22-11-9-15;1-6-9(13)8-10(14)16-11(17-12(8)18-6)7-2-4-15-5-3-7/h2-6,8-11H,7,12H2,1H3,(H,23,24,25);2-5H,1H3. The largest absolute Gasteiger partial charge is 0.369 e. The topological polar surface area (TPSA) is 89.4 Å². The molecule has 1 aromatic carbocycles. The van der Waals surface area contributed by atoms with Gasteiger partial charge in [-0.2, -0.15) is 0 Å². The summed E-state index contributed by atoms with van der Waals surface area (Å²) in [6.07, 6.45) is 7.81. The molecule has 0 fully saturated rings. The van der Waals surface area contributed by atoms with Crippen LogP contribution in [-0.2, 0) is 6.42 Å². The molecule has 7 nitrogen and oxygen atoms in total. The van der Waals surface area contributed by atoms with Crippen LogP contribution in [0.25, 0.3) is 43.2 Å². The molecule has 7 aromatic rings. The van der Waals surface area contributed by atoms with Crippen molar-refractivity contribution in [1.29, 1.82) is 0 Å². The summed E-state index contributed by atoms with van der Waals surface area (Å²) in [4.78, 5) is 30.0. The molecule has 0 unspecified atom stereocenters. The summed E-state index contributed by atoms with van der Waals surface area (Å²) in [6, 6.07) is 17.9. The lowest BCUT2D eigenvalue weighted by Crippen LogP contribution is -2.07. The molecule has 0 atom stereocenters. The maximum absolute atomic E-state index is 6.52. The highest BCUT2D eigenvalue weighted by molar-refractivity contribution is 7.19. The Labute approximate surface area is 277 Å². The minimum absolute atomic E-state index is 0.390.